The smallest absolute Gasteiger partial charge is 0.253 e. The Balaban J connectivity index is 1.38. The Hall–Kier alpha value is -2.47. The van der Waals surface area contributed by atoms with Crippen molar-refractivity contribution in [2.45, 2.75) is 18.6 Å². The number of benzene rings is 1. The highest BCUT2D eigenvalue weighted by Gasteiger charge is 2.38. The Morgan fingerprint density at radius 1 is 1.16 bits per heavy atom. The second kappa shape index (κ2) is 6.80. The summed E-state index contributed by atoms with van der Waals surface area (Å²) in [7, 11) is 0. The molecule has 2 aliphatic heterocycles. The summed E-state index contributed by atoms with van der Waals surface area (Å²) in [5.41, 5.74) is 0.538. The van der Waals surface area contributed by atoms with Crippen LogP contribution in [0.1, 0.15) is 16.8 Å². The van der Waals surface area contributed by atoms with Crippen molar-refractivity contribution in [1.82, 2.24) is 14.8 Å². The van der Waals surface area contributed by atoms with Gasteiger partial charge in [0.05, 0.1) is 6.20 Å². The summed E-state index contributed by atoms with van der Waals surface area (Å²) < 4.78 is 19.1. The van der Waals surface area contributed by atoms with Crippen molar-refractivity contribution in [3.63, 3.8) is 0 Å². The molecule has 1 aromatic carbocycles. The van der Waals surface area contributed by atoms with Crippen LogP contribution in [0.5, 0.6) is 5.75 Å². The van der Waals surface area contributed by atoms with E-state index in [1.807, 2.05) is 17.0 Å². The quantitative estimate of drug-likeness (QED) is 0.859. The van der Waals surface area contributed by atoms with Crippen LogP contribution in [0.4, 0.5) is 4.39 Å². The number of hydrogen-bond acceptors (Lipinski definition) is 4. The van der Waals surface area contributed by atoms with Gasteiger partial charge in [0, 0.05) is 50.4 Å². The molecule has 0 spiro atoms. The molecule has 2 atom stereocenters. The van der Waals surface area contributed by atoms with E-state index in [2.05, 4.69) is 9.88 Å². The Morgan fingerprint density at radius 3 is 2.76 bits per heavy atom. The van der Waals surface area contributed by atoms with Gasteiger partial charge in [0.2, 0.25) is 0 Å². The van der Waals surface area contributed by atoms with E-state index in [0.29, 0.717) is 24.7 Å². The molecular formula is C19H20FN3O2. The molecule has 0 bridgehead atoms. The monoisotopic (exact) mass is 341 g/mol. The van der Waals surface area contributed by atoms with Gasteiger partial charge in [-0.15, -0.1) is 0 Å². The van der Waals surface area contributed by atoms with Crippen molar-refractivity contribution >= 4 is 5.91 Å². The van der Waals surface area contributed by atoms with Gasteiger partial charge in [-0.1, -0.05) is 0 Å². The fraction of sp³-hybridized carbons (Fsp3) is 0.368. The normalized spacial score (nSPS) is 23.3. The maximum absolute atomic E-state index is 13.0. The predicted molar refractivity (Wildman–Crippen MR) is 90.9 cm³/mol. The number of nitrogens with zero attached hydrogens (tertiary/aromatic N) is 3. The maximum atomic E-state index is 13.0. The number of amides is 1. The maximum Gasteiger partial charge on any atom is 0.253 e. The first kappa shape index (κ1) is 16.0. The van der Waals surface area contributed by atoms with E-state index < -0.39 is 0 Å². The van der Waals surface area contributed by atoms with E-state index in [1.165, 1.54) is 12.1 Å². The van der Waals surface area contributed by atoms with Gasteiger partial charge >= 0.3 is 0 Å². The van der Waals surface area contributed by atoms with Crippen LogP contribution in [0.15, 0.2) is 48.8 Å². The molecule has 2 fully saturated rings. The van der Waals surface area contributed by atoms with Crippen molar-refractivity contribution < 1.29 is 13.9 Å². The lowest BCUT2D eigenvalue weighted by molar-refractivity contribution is 0.0569. The molecule has 0 saturated carbocycles. The number of fused-ring (bicyclic) bond motifs is 1. The summed E-state index contributed by atoms with van der Waals surface area (Å²) in [4.78, 5) is 20.9. The fourth-order valence-electron chi connectivity index (χ4n) is 3.65. The lowest BCUT2D eigenvalue weighted by Crippen LogP contribution is -2.52. The Labute approximate surface area is 146 Å². The molecule has 0 unspecified atom stereocenters. The van der Waals surface area contributed by atoms with Crippen molar-refractivity contribution in [2.75, 3.05) is 26.2 Å². The van der Waals surface area contributed by atoms with Crippen molar-refractivity contribution in [3.8, 4) is 5.75 Å². The van der Waals surface area contributed by atoms with Gasteiger partial charge in [0.1, 0.15) is 17.7 Å². The minimum absolute atomic E-state index is 0.0312. The summed E-state index contributed by atoms with van der Waals surface area (Å²) in [5, 5.41) is 0. The van der Waals surface area contributed by atoms with Crippen LogP contribution in [0.25, 0.3) is 0 Å². The molecule has 2 aliphatic rings. The number of halogens is 1. The fourth-order valence-corrected chi connectivity index (χ4v) is 3.65. The number of ether oxygens (including phenoxy) is 1. The zero-order chi connectivity index (χ0) is 17.2. The van der Waals surface area contributed by atoms with Crippen LogP contribution >= 0.6 is 0 Å². The lowest BCUT2D eigenvalue weighted by Gasteiger charge is -2.37. The van der Waals surface area contributed by atoms with Gasteiger partial charge in [0.25, 0.3) is 5.91 Å². The van der Waals surface area contributed by atoms with Crippen LogP contribution in [-0.2, 0) is 0 Å². The van der Waals surface area contributed by atoms with Crippen LogP contribution in [0.3, 0.4) is 0 Å². The molecule has 1 amide bonds. The van der Waals surface area contributed by atoms with Crippen LogP contribution in [-0.4, -0.2) is 59.0 Å². The van der Waals surface area contributed by atoms with Crippen molar-refractivity contribution in [2.24, 2.45) is 0 Å². The third kappa shape index (κ3) is 3.49. The first-order chi connectivity index (χ1) is 12.2. The third-order valence-corrected chi connectivity index (χ3v) is 4.89. The topological polar surface area (TPSA) is 45.7 Å². The first-order valence-electron chi connectivity index (χ1n) is 8.54. The second-order valence-electron chi connectivity index (χ2n) is 6.57. The third-order valence-electron chi connectivity index (χ3n) is 4.89. The minimum Gasteiger partial charge on any atom is -0.487 e. The molecule has 0 radical (unpaired) electrons. The molecule has 5 nitrogen and oxygen atoms in total. The number of carbonyl (C=O) groups excluding carboxylic acids is 1. The second-order valence-corrected chi connectivity index (χ2v) is 6.57. The lowest BCUT2D eigenvalue weighted by atomic mass is 10.1. The van der Waals surface area contributed by atoms with Gasteiger partial charge in [-0.25, -0.2) is 4.39 Å². The van der Waals surface area contributed by atoms with E-state index in [0.717, 1.165) is 25.3 Å². The highest BCUT2D eigenvalue weighted by atomic mass is 19.1. The molecule has 0 aliphatic carbocycles. The summed E-state index contributed by atoms with van der Waals surface area (Å²) in [6.45, 7) is 3.08. The molecule has 0 N–H and O–H groups in total. The Bertz CT molecular complexity index is 738. The molecule has 1 aromatic heterocycles. The Kier molecular flexibility index (Phi) is 4.36. The van der Waals surface area contributed by atoms with Gasteiger partial charge in [-0.05, 0) is 36.4 Å². The standard InChI is InChI=1S/C19H20FN3O2/c20-15-5-3-14(4-6-15)19(24)23-9-8-22-13-18(10-16(22)12-23)25-17-2-1-7-21-11-17/h1-7,11,16,18H,8-10,12-13H2/t16-,18+/m0/s1. The van der Waals surface area contributed by atoms with E-state index in [9.17, 15) is 9.18 Å². The highest BCUT2D eigenvalue weighted by Crippen LogP contribution is 2.26. The molecular weight excluding hydrogens is 321 g/mol. The van der Waals surface area contributed by atoms with E-state index in [4.69, 9.17) is 4.74 Å². The number of aromatic nitrogens is 1. The zero-order valence-electron chi connectivity index (χ0n) is 13.8. The summed E-state index contributed by atoms with van der Waals surface area (Å²) in [6.07, 6.45) is 4.46. The van der Waals surface area contributed by atoms with Gasteiger partial charge in [-0.3, -0.25) is 14.7 Å². The van der Waals surface area contributed by atoms with E-state index in [1.54, 1.807) is 24.5 Å². The Morgan fingerprint density at radius 2 is 2.00 bits per heavy atom. The molecule has 2 saturated heterocycles. The molecule has 6 heteroatoms. The van der Waals surface area contributed by atoms with E-state index >= 15 is 0 Å². The molecule has 2 aromatic rings. The SMILES string of the molecule is O=C(c1ccc(F)cc1)N1CCN2C[C@H](Oc3cccnc3)C[C@H]2C1. The largest absolute Gasteiger partial charge is 0.487 e. The molecule has 3 heterocycles. The van der Waals surface area contributed by atoms with Crippen LogP contribution in [0.2, 0.25) is 0 Å². The average molecular weight is 341 g/mol. The molecule has 130 valence electrons. The highest BCUT2D eigenvalue weighted by molar-refractivity contribution is 5.94. The first-order valence-corrected chi connectivity index (χ1v) is 8.54. The van der Waals surface area contributed by atoms with Gasteiger partial charge in [-0.2, -0.15) is 0 Å². The molecule has 4 rings (SSSR count). The number of carbonyl (C=O) groups is 1. The molecule has 25 heavy (non-hydrogen) atoms. The zero-order valence-corrected chi connectivity index (χ0v) is 13.8. The van der Waals surface area contributed by atoms with Crippen molar-refractivity contribution in [1.29, 1.82) is 0 Å². The van der Waals surface area contributed by atoms with Crippen LogP contribution in [0, 0.1) is 5.82 Å². The van der Waals surface area contributed by atoms with Crippen LogP contribution < -0.4 is 4.74 Å². The van der Waals surface area contributed by atoms with E-state index in [-0.39, 0.29) is 17.8 Å². The predicted octanol–water partition coefficient (Wildman–Crippen LogP) is 2.20. The minimum atomic E-state index is -0.326. The number of pyridine rings is 1. The van der Waals surface area contributed by atoms with Crippen molar-refractivity contribution in [3.05, 3.63) is 60.2 Å². The summed E-state index contributed by atoms with van der Waals surface area (Å²) in [5.74, 6) is 0.426. The number of piperazine rings is 1. The summed E-state index contributed by atoms with van der Waals surface area (Å²) in [6, 6.07) is 9.84. The van der Waals surface area contributed by atoms with Gasteiger partial charge < -0.3 is 9.64 Å². The number of hydrogen-bond donors (Lipinski definition) is 0. The van der Waals surface area contributed by atoms with Gasteiger partial charge in [0.15, 0.2) is 0 Å². The average Bonchev–Trinajstić information content (AvgIpc) is 3.04. The number of rotatable bonds is 3. The summed E-state index contributed by atoms with van der Waals surface area (Å²) >= 11 is 0.